The fourth-order valence-corrected chi connectivity index (χ4v) is 2.75. The molecule has 11 heteroatoms. The van der Waals surface area contributed by atoms with E-state index in [9.17, 15) is 18.0 Å². The third-order valence-electron chi connectivity index (χ3n) is 3.99. The van der Waals surface area contributed by atoms with Gasteiger partial charge in [-0.05, 0) is 30.3 Å². The van der Waals surface area contributed by atoms with Crippen molar-refractivity contribution < 1.29 is 18.0 Å². The average Bonchev–Trinajstić information content (AvgIpc) is 3.24. The molecule has 0 aromatic carbocycles. The summed E-state index contributed by atoms with van der Waals surface area (Å²) in [6.45, 7) is 5.37. The summed E-state index contributed by atoms with van der Waals surface area (Å²) in [5.74, 6) is 0.439. The fraction of sp³-hybridized carbons (Fsp3) is 0.190. The van der Waals surface area contributed by atoms with Gasteiger partial charge in [0.05, 0.1) is 0 Å². The molecule has 0 aliphatic heterocycles. The van der Waals surface area contributed by atoms with Crippen LogP contribution in [-0.4, -0.2) is 30.5 Å². The van der Waals surface area contributed by atoms with Crippen molar-refractivity contribution in [3.05, 3.63) is 60.6 Å². The molecule has 0 radical (unpaired) electrons. The number of nitrogens with zero attached hydrogens (tertiary/aromatic N) is 5. The molecule has 0 aliphatic carbocycles. The van der Waals surface area contributed by atoms with Gasteiger partial charge in [-0.2, -0.15) is 13.2 Å². The SMILES string of the molecule is CC.CC(=O)Nc1cc(Nc2nc(-c3cccc(C(F)(F)F)n3)nn3cccc23)ccn1. The molecule has 0 fully saturated rings. The zero-order valence-corrected chi connectivity index (χ0v) is 17.5. The Hall–Kier alpha value is -4.02. The second-order valence-corrected chi connectivity index (χ2v) is 6.26. The van der Waals surface area contributed by atoms with Gasteiger partial charge in [-0.3, -0.25) is 4.79 Å². The number of pyridine rings is 2. The summed E-state index contributed by atoms with van der Waals surface area (Å²) in [5.41, 5.74) is 0.124. The van der Waals surface area contributed by atoms with Gasteiger partial charge in [-0.25, -0.2) is 19.5 Å². The zero-order chi connectivity index (χ0) is 23.3. The molecule has 32 heavy (non-hydrogen) atoms. The quantitative estimate of drug-likeness (QED) is 0.464. The van der Waals surface area contributed by atoms with Crippen molar-refractivity contribution in [2.45, 2.75) is 26.9 Å². The van der Waals surface area contributed by atoms with E-state index in [0.717, 1.165) is 6.07 Å². The molecule has 2 N–H and O–H groups in total. The first-order chi connectivity index (χ1) is 15.3. The molecule has 0 atom stereocenters. The van der Waals surface area contributed by atoms with Crippen LogP contribution in [0.5, 0.6) is 0 Å². The number of carbonyl (C=O) groups excluding carboxylic acids is 1. The number of alkyl halides is 3. The number of fused-ring (bicyclic) bond motifs is 1. The maximum absolute atomic E-state index is 13.0. The molecule has 0 unspecified atom stereocenters. The van der Waals surface area contributed by atoms with Gasteiger partial charge in [0.15, 0.2) is 5.82 Å². The molecule has 8 nitrogen and oxygen atoms in total. The maximum atomic E-state index is 13.0. The van der Waals surface area contributed by atoms with E-state index in [0.29, 0.717) is 22.8 Å². The van der Waals surface area contributed by atoms with Crippen LogP contribution in [0.25, 0.3) is 17.0 Å². The Morgan fingerprint density at radius 1 is 1.06 bits per heavy atom. The van der Waals surface area contributed by atoms with E-state index in [-0.39, 0.29) is 17.4 Å². The third-order valence-corrected chi connectivity index (χ3v) is 3.99. The molecule has 4 aromatic heterocycles. The first-order valence-electron chi connectivity index (χ1n) is 9.70. The molecule has 0 aliphatic rings. The first kappa shape index (κ1) is 22.7. The van der Waals surface area contributed by atoms with Gasteiger partial charge in [0.2, 0.25) is 11.7 Å². The number of carbonyl (C=O) groups is 1. The van der Waals surface area contributed by atoms with Crippen molar-refractivity contribution in [3.8, 4) is 11.5 Å². The number of anilines is 3. The summed E-state index contributed by atoms with van der Waals surface area (Å²) in [6, 6.07) is 10.3. The minimum Gasteiger partial charge on any atom is -0.338 e. The Bertz CT molecular complexity index is 1240. The molecule has 0 bridgehead atoms. The zero-order valence-electron chi connectivity index (χ0n) is 17.5. The van der Waals surface area contributed by atoms with Crippen molar-refractivity contribution in [1.29, 1.82) is 0 Å². The van der Waals surface area contributed by atoms with E-state index in [1.54, 1.807) is 30.5 Å². The Morgan fingerprint density at radius 2 is 1.84 bits per heavy atom. The van der Waals surface area contributed by atoms with Crippen LogP contribution >= 0.6 is 0 Å². The van der Waals surface area contributed by atoms with Gasteiger partial charge in [0.25, 0.3) is 0 Å². The van der Waals surface area contributed by atoms with Crippen LogP contribution in [0.15, 0.2) is 54.9 Å². The summed E-state index contributed by atoms with van der Waals surface area (Å²) >= 11 is 0. The van der Waals surface area contributed by atoms with Crippen LogP contribution < -0.4 is 10.6 Å². The Labute approximate surface area is 181 Å². The molecular weight excluding hydrogens is 423 g/mol. The number of nitrogens with one attached hydrogen (secondary N) is 2. The van der Waals surface area contributed by atoms with E-state index >= 15 is 0 Å². The number of halogens is 3. The standard InChI is InChI=1S/C19H14F3N7O.C2H6/c1-11(30)24-16-10-12(7-8-23-16)25-18-14-5-3-9-29(14)28-17(27-18)13-4-2-6-15(26-13)19(20,21)22;1-2/h2-10H,1H3,(H2,23,24,25,27,28,30);1-2H3. The van der Waals surface area contributed by atoms with Gasteiger partial charge in [0.1, 0.15) is 22.7 Å². The summed E-state index contributed by atoms with van der Waals surface area (Å²) in [6.07, 6.45) is -1.43. The molecule has 0 saturated carbocycles. The van der Waals surface area contributed by atoms with E-state index < -0.39 is 11.9 Å². The largest absolute Gasteiger partial charge is 0.433 e. The lowest BCUT2D eigenvalue weighted by Gasteiger charge is -2.11. The fourth-order valence-electron chi connectivity index (χ4n) is 2.75. The second kappa shape index (κ2) is 9.41. The molecule has 1 amide bonds. The summed E-state index contributed by atoms with van der Waals surface area (Å²) in [4.78, 5) is 23.3. The minimum absolute atomic E-state index is 0.0165. The van der Waals surface area contributed by atoms with Crippen LogP contribution in [0.1, 0.15) is 26.5 Å². The predicted octanol–water partition coefficient (Wildman–Crippen LogP) is 4.93. The first-order valence-corrected chi connectivity index (χ1v) is 9.70. The van der Waals surface area contributed by atoms with Gasteiger partial charge in [0, 0.05) is 31.1 Å². The van der Waals surface area contributed by atoms with E-state index in [1.165, 1.54) is 29.8 Å². The molecule has 4 heterocycles. The highest BCUT2D eigenvalue weighted by Crippen LogP contribution is 2.29. The van der Waals surface area contributed by atoms with Crippen LogP contribution in [0.3, 0.4) is 0 Å². The van der Waals surface area contributed by atoms with E-state index in [1.807, 2.05) is 13.8 Å². The average molecular weight is 443 g/mol. The molecule has 0 spiro atoms. The van der Waals surface area contributed by atoms with Crippen molar-refractivity contribution in [1.82, 2.24) is 24.6 Å². The van der Waals surface area contributed by atoms with Crippen LogP contribution in [-0.2, 0) is 11.0 Å². The van der Waals surface area contributed by atoms with Crippen LogP contribution in [0.2, 0.25) is 0 Å². The number of amides is 1. The normalized spacial score (nSPS) is 10.9. The molecule has 4 aromatic rings. The lowest BCUT2D eigenvalue weighted by Crippen LogP contribution is -2.10. The molecule has 4 rings (SSSR count). The van der Waals surface area contributed by atoms with Gasteiger partial charge >= 0.3 is 6.18 Å². The van der Waals surface area contributed by atoms with Crippen molar-refractivity contribution in [2.75, 3.05) is 10.6 Å². The number of hydrogen-bond acceptors (Lipinski definition) is 6. The minimum atomic E-state index is -4.58. The van der Waals surface area contributed by atoms with Crippen molar-refractivity contribution >= 4 is 28.7 Å². The van der Waals surface area contributed by atoms with Gasteiger partial charge < -0.3 is 10.6 Å². The van der Waals surface area contributed by atoms with Gasteiger partial charge in [-0.15, -0.1) is 5.10 Å². The summed E-state index contributed by atoms with van der Waals surface area (Å²) in [7, 11) is 0. The van der Waals surface area contributed by atoms with E-state index in [4.69, 9.17) is 0 Å². The summed E-state index contributed by atoms with van der Waals surface area (Å²) in [5, 5.41) is 9.92. The molecule has 0 saturated heterocycles. The monoisotopic (exact) mass is 443 g/mol. The second-order valence-electron chi connectivity index (χ2n) is 6.26. The van der Waals surface area contributed by atoms with E-state index in [2.05, 4.69) is 30.7 Å². The lowest BCUT2D eigenvalue weighted by molar-refractivity contribution is -0.141. The van der Waals surface area contributed by atoms with Crippen molar-refractivity contribution in [2.24, 2.45) is 0 Å². The molecular formula is C21H20F3N7O. The van der Waals surface area contributed by atoms with Gasteiger partial charge in [-0.1, -0.05) is 19.9 Å². The smallest absolute Gasteiger partial charge is 0.338 e. The summed E-state index contributed by atoms with van der Waals surface area (Å²) < 4.78 is 40.6. The topological polar surface area (TPSA) is 97.1 Å². The Balaban J connectivity index is 0.00000141. The van der Waals surface area contributed by atoms with Crippen LogP contribution in [0.4, 0.5) is 30.5 Å². The van der Waals surface area contributed by atoms with Crippen molar-refractivity contribution in [3.63, 3.8) is 0 Å². The number of rotatable bonds is 4. The highest BCUT2D eigenvalue weighted by molar-refractivity contribution is 5.88. The highest BCUT2D eigenvalue weighted by Gasteiger charge is 2.32. The Kier molecular flexibility index (Phi) is 6.67. The number of hydrogen-bond donors (Lipinski definition) is 2. The predicted molar refractivity (Wildman–Crippen MR) is 114 cm³/mol. The highest BCUT2D eigenvalue weighted by atomic mass is 19.4. The molecule has 166 valence electrons. The Morgan fingerprint density at radius 3 is 2.56 bits per heavy atom. The third kappa shape index (κ3) is 5.17. The lowest BCUT2D eigenvalue weighted by atomic mass is 10.3. The van der Waals surface area contributed by atoms with Crippen LogP contribution in [0, 0.1) is 0 Å². The number of aromatic nitrogens is 5. The maximum Gasteiger partial charge on any atom is 0.433 e.